The summed E-state index contributed by atoms with van der Waals surface area (Å²) in [6.45, 7) is 0. The number of hydrogen-bond donors (Lipinski definition) is 2. The van der Waals surface area contributed by atoms with Crippen molar-refractivity contribution in [2.45, 2.75) is 43.7 Å². The minimum Gasteiger partial charge on any atom is -0.389 e. The zero-order valence-corrected chi connectivity index (χ0v) is 13.2. The van der Waals surface area contributed by atoms with Crippen LogP contribution in [-0.4, -0.2) is 28.8 Å². The van der Waals surface area contributed by atoms with Crippen molar-refractivity contribution in [3.8, 4) is 11.3 Å². The molecule has 2 aromatic rings. The Bertz CT molecular complexity index is 573. The van der Waals surface area contributed by atoms with Gasteiger partial charge in [0.1, 0.15) is 0 Å². The molecule has 1 aliphatic rings. The Kier molecular flexibility index (Phi) is 4.38. The van der Waals surface area contributed by atoms with Gasteiger partial charge in [0.05, 0.1) is 16.3 Å². The highest BCUT2D eigenvalue weighted by Crippen LogP contribution is 2.33. The van der Waals surface area contributed by atoms with Gasteiger partial charge >= 0.3 is 0 Å². The molecule has 0 atom stereocenters. The van der Waals surface area contributed by atoms with E-state index in [2.05, 4.69) is 22.8 Å². The number of nitrogens with one attached hydrogen (secondary N) is 1. The van der Waals surface area contributed by atoms with E-state index in [1.165, 1.54) is 0 Å². The molecule has 1 aromatic heterocycles. The lowest BCUT2D eigenvalue weighted by atomic mass is 9.80. The number of nitrogens with zero attached hydrogens (tertiary/aromatic N) is 1. The van der Waals surface area contributed by atoms with Crippen LogP contribution in [0.15, 0.2) is 35.7 Å². The van der Waals surface area contributed by atoms with Crippen LogP contribution in [0, 0.1) is 0 Å². The van der Waals surface area contributed by atoms with Gasteiger partial charge in [0.25, 0.3) is 0 Å². The molecular weight excluding hydrogens is 280 g/mol. The van der Waals surface area contributed by atoms with Gasteiger partial charge in [-0.15, -0.1) is 11.3 Å². The largest absolute Gasteiger partial charge is 0.389 e. The molecule has 0 unspecified atom stereocenters. The number of aromatic nitrogens is 1. The number of rotatable bonds is 4. The summed E-state index contributed by atoms with van der Waals surface area (Å²) in [5.41, 5.74) is 1.59. The fourth-order valence-electron chi connectivity index (χ4n) is 3.04. The van der Waals surface area contributed by atoms with E-state index in [9.17, 15) is 5.11 Å². The zero-order valence-electron chi connectivity index (χ0n) is 12.4. The molecule has 0 aliphatic heterocycles. The van der Waals surface area contributed by atoms with Crippen LogP contribution >= 0.6 is 11.3 Å². The van der Waals surface area contributed by atoms with Crippen molar-refractivity contribution in [2.75, 3.05) is 7.05 Å². The van der Waals surface area contributed by atoms with Gasteiger partial charge in [0.15, 0.2) is 0 Å². The second kappa shape index (κ2) is 6.26. The molecule has 2 N–H and O–H groups in total. The summed E-state index contributed by atoms with van der Waals surface area (Å²) in [6.07, 6.45) is 4.49. The van der Waals surface area contributed by atoms with Crippen molar-refractivity contribution < 1.29 is 5.11 Å². The van der Waals surface area contributed by atoms with Crippen molar-refractivity contribution in [3.63, 3.8) is 0 Å². The molecule has 1 aromatic carbocycles. The normalized spacial score (nSPS) is 25.9. The van der Waals surface area contributed by atoms with Crippen LogP contribution in [0.1, 0.15) is 30.7 Å². The number of thiazole rings is 1. The standard InChI is InChI=1S/C17H22N2OS/c1-18-14-7-9-17(20,10-8-14)11-16-19-15(12-21-16)13-5-3-2-4-6-13/h2-6,12,14,18,20H,7-11H2,1H3. The van der Waals surface area contributed by atoms with Crippen LogP contribution in [0.5, 0.6) is 0 Å². The molecule has 3 rings (SSSR count). The van der Waals surface area contributed by atoms with E-state index in [1.54, 1.807) is 11.3 Å². The van der Waals surface area contributed by atoms with Crippen molar-refractivity contribution in [3.05, 3.63) is 40.7 Å². The molecule has 1 aliphatic carbocycles. The molecule has 112 valence electrons. The van der Waals surface area contributed by atoms with Gasteiger partial charge in [-0.3, -0.25) is 0 Å². The van der Waals surface area contributed by atoms with Gasteiger partial charge in [0.2, 0.25) is 0 Å². The fraction of sp³-hybridized carbons (Fsp3) is 0.471. The van der Waals surface area contributed by atoms with Crippen LogP contribution in [-0.2, 0) is 6.42 Å². The second-order valence-corrected chi connectivity index (χ2v) is 6.90. The third-order valence-corrected chi connectivity index (χ3v) is 5.27. The quantitative estimate of drug-likeness (QED) is 0.911. The zero-order chi connectivity index (χ0) is 14.7. The van der Waals surface area contributed by atoms with Crippen LogP contribution < -0.4 is 5.32 Å². The van der Waals surface area contributed by atoms with Crippen molar-refractivity contribution in [1.82, 2.24) is 10.3 Å². The maximum Gasteiger partial charge on any atom is 0.0961 e. The van der Waals surface area contributed by atoms with Crippen LogP contribution in [0.25, 0.3) is 11.3 Å². The summed E-state index contributed by atoms with van der Waals surface area (Å²) < 4.78 is 0. The van der Waals surface area contributed by atoms with E-state index in [0.29, 0.717) is 12.5 Å². The van der Waals surface area contributed by atoms with E-state index in [4.69, 9.17) is 4.98 Å². The maximum atomic E-state index is 10.8. The molecule has 1 fully saturated rings. The molecule has 0 amide bonds. The van der Waals surface area contributed by atoms with E-state index < -0.39 is 5.60 Å². The molecule has 1 heterocycles. The first-order valence-corrected chi connectivity index (χ1v) is 8.46. The van der Waals surface area contributed by atoms with E-state index in [-0.39, 0.29) is 0 Å². The Morgan fingerprint density at radius 2 is 2.00 bits per heavy atom. The summed E-state index contributed by atoms with van der Waals surface area (Å²) >= 11 is 1.66. The molecule has 0 radical (unpaired) electrons. The molecule has 3 nitrogen and oxygen atoms in total. The summed E-state index contributed by atoms with van der Waals surface area (Å²) in [5, 5.41) is 17.2. The Morgan fingerprint density at radius 3 is 2.67 bits per heavy atom. The number of hydrogen-bond acceptors (Lipinski definition) is 4. The highest BCUT2D eigenvalue weighted by atomic mass is 32.1. The molecule has 0 bridgehead atoms. The lowest BCUT2D eigenvalue weighted by molar-refractivity contribution is -0.00244. The molecular formula is C17H22N2OS. The Morgan fingerprint density at radius 1 is 1.29 bits per heavy atom. The van der Waals surface area contributed by atoms with E-state index in [1.807, 2.05) is 25.2 Å². The first-order valence-electron chi connectivity index (χ1n) is 7.58. The Hall–Kier alpha value is -1.23. The van der Waals surface area contributed by atoms with Crippen LogP contribution in [0.2, 0.25) is 0 Å². The van der Waals surface area contributed by atoms with Crippen LogP contribution in [0.4, 0.5) is 0 Å². The summed E-state index contributed by atoms with van der Waals surface area (Å²) in [4.78, 5) is 4.70. The van der Waals surface area contributed by atoms with Crippen molar-refractivity contribution >= 4 is 11.3 Å². The average Bonchev–Trinajstić information content (AvgIpc) is 2.97. The highest BCUT2D eigenvalue weighted by molar-refractivity contribution is 7.09. The minimum absolute atomic E-state index is 0.557. The molecule has 0 saturated heterocycles. The lowest BCUT2D eigenvalue weighted by Crippen LogP contribution is -2.41. The van der Waals surface area contributed by atoms with Gasteiger partial charge < -0.3 is 10.4 Å². The number of aliphatic hydroxyl groups is 1. The number of benzene rings is 1. The van der Waals surface area contributed by atoms with Gasteiger partial charge in [-0.25, -0.2) is 4.98 Å². The van der Waals surface area contributed by atoms with Crippen molar-refractivity contribution in [1.29, 1.82) is 0 Å². The molecule has 4 heteroatoms. The van der Waals surface area contributed by atoms with Crippen molar-refractivity contribution in [2.24, 2.45) is 0 Å². The predicted molar refractivity (Wildman–Crippen MR) is 87.5 cm³/mol. The highest BCUT2D eigenvalue weighted by Gasteiger charge is 2.33. The SMILES string of the molecule is CNC1CCC(O)(Cc2nc(-c3ccccc3)cs2)CC1. The molecule has 21 heavy (non-hydrogen) atoms. The minimum atomic E-state index is -0.570. The predicted octanol–water partition coefficient (Wildman–Crippen LogP) is 3.25. The third-order valence-electron chi connectivity index (χ3n) is 4.43. The fourth-order valence-corrected chi connectivity index (χ4v) is 3.98. The summed E-state index contributed by atoms with van der Waals surface area (Å²) in [6, 6.07) is 10.8. The van der Waals surface area contributed by atoms with Gasteiger partial charge in [-0.1, -0.05) is 30.3 Å². The summed E-state index contributed by atoms with van der Waals surface area (Å²) in [7, 11) is 2.00. The first-order chi connectivity index (χ1) is 10.2. The average molecular weight is 302 g/mol. The van der Waals surface area contributed by atoms with E-state index in [0.717, 1.165) is 41.9 Å². The maximum absolute atomic E-state index is 10.8. The monoisotopic (exact) mass is 302 g/mol. The van der Waals surface area contributed by atoms with Crippen LogP contribution in [0.3, 0.4) is 0 Å². The second-order valence-electron chi connectivity index (χ2n) is 5.96. The van der Waals surface area contributed by atoms with Gasteiger partial charge in [-0.05, 0) is 32.7 Å². The molecule has 1 saturated carbocycles. The third kappa shape index (κ3) is 3.51. The topological polar surface area (TPSA) is 45.1 Å². The lowest BCUT2D eigenvalue weighted by Gasteiger charge is -2.35. The van der Waals surface area contributed by atoms with Gasteiger partial charge in [0, 0.05) is 23.4 Å². The smallest absolute Gasteiger partial charge is 0.0961 e. The first kappa shape index (κ1) is 14.7. The Labute approximate surface area is 130 Å². The van der Waals surface area contributed by atoms with Gasteiger partial charge in [-0.2, -0.15) is 0 Å². The molecule has 0 spiro atoms. The summed E-state index contributed by atoms with van der Waals surface area (Å²) in [5.74, 6) is 0. The Balaban J connectivity index is 1.67. The van der Waals surface area contributed by atoms with E-state index >= 15 is 0 Å².